The maximum Gasteiger partial charge on any atom is 0.328 e. The SMILES string of the molecule is CCc1ccc(/C=C2\SC(=O)N([C@@H](C)C(=O)OC)C2=O)cc1. The summed E-state index contributed by atoms with van der Waals surface area (Å²) in [5.74, 6) is -1.08. The number of aryl methyl sites for hydroxylation is 1. The van der Waals surface area contributed by atoms with E-state index in [1.54, 1.807) is 6.08 Å². The fraction of sp³-hybridized carbons (Fsp3) is 0.312. The third-order valence-corrected chi connectivity index (χ3v) is 4.32. The van der Waals surface area contributed by atoms with E-state index < -0.39 is 23.2 Å². The molecule has 1 atom stereocenters. The van der Waals surface area contributed by atoms with Gasteiger partial charge in [0.05, 0.1) is 12.0 Å². The van der Waals surface area contributed by atoms with Crippen LogP contribution in [0.3, 0.4) is 0 Å². The van der Waals surface area contributed by atoms with E-state index in [9.17, 15) is 14.4 Å². The van der Waals surface area contributed by atoms with Crippen LogP contribution in [-0.4, -0.2) is 35.2 Å². The minimum Gasteiger partial charge on any atom is -0.467 e. The van der Waals surface area contributed by atoms with Gasteiger partial charge in [-0.3, -0.25) is 14.5 Å². The smallest absolute Gasteiger partial charge is 0.328 e. The molecule has 0 radical (unpaired) electrons. The number of imide groups is 1. The van der Waals surface area contributed by atoms with Crippen molar-refractivity contribution in [1.29, 1.82) is 0 Å². The van der Waals surface area contributed by atoms with Gasteiger partial charge in [-0.25, -0.2) is 4.79 Å². The molecule has 0 saturated carbocycles. The molecule has 22 heavy (non-hydrogen) atoms. The van der Waals surface area contributed by atoms with E-state index in [1.807, 2.05) is 24.3 Å². The van der Waals surface area contributed by atoms with Gasteiger partial charge >= 0.3 is 5.97 Å². The Kier molecular flexibility index (Phi) is 5.03. The number of thioether (sulfide) groups is 1. The van der Waals surface area contributed by atoms with E-state index >= 15 is 0 Å². The molecule has 0 aliphatic carbocycles. The number of hydrogen-bond acceptors (Lipinski definition) is 5. The third-order valence-electron chi connectivity index (χ3n) is 3.44. The molecule has 0 aromatic heterocycles. The lowest BCUT2D eigenvalue weighted by Crippen LogP contribution is -2.42. The standard InChI is InChI=1S/C16H17NO4S/c1-4-11-5-7-12(8-6-11)9-13-14(18)17(16(20)22-13)10(2)15(19)21-3/h5-10H,4H2,1-3H3/b13-9-/t10-/m0/s1. The number of benzene rings is 1. The molecule has 6 heteroatoms. The molecule has 116 valence electrons. The van der Waals surface area contributed by atoms with Crippen molar-refractivity contribution in [2.24, 2.45) is 0 Å². The van der Waals surface area contributed by atoms with Gasteiger partial charge < -0.3 is 4.74 Å². The quantitative estimate of drug-likeness (QED) is 0.631. The summed E-state index contributed by atoms with van der Waals surface area (Å²) in [4.78, 5) is 37.1. The normalized spacial score (nSPS) is 18.0. The molecule has 1 aliphatic heterocycles. The average Bonchev–Trinajstić information content (AvgIpc) is 2.80. The summed E-state index contributed by atoms with van der Waals surface area (Å²) in [5.41, 5.74) is 2.04. The number of carbonyl (C=O) groups is 3. The Bertz CT molecular complexity index is 636. The van der Waals surface area contributed by atoms with Crippen molar-refractivity contribution >= 4 is 35.0 Å². The number of nitrogens with zero attached hydrogens (tertiary/aromatic N) is 1. The Morgan fingerprint density at radius 3 is 2.50 bits per heavy atom. The molecule has 0 N–H and O–H groups in total. The third kappa shape index (κ3) is 3.22. The number of methoxy groups -OCH3 is 1. The minimum atomic E-state index is -0.925. The first-order chi connectivity index (χ1) is 10.5. The Hall–Kier alpha value is -2.08. The zero-order valence-corrected chi connectivity index (χ0v) is 13.5. The first-order valence-electron chi connectivity index (χ1n) is 6.91. The van der Waals surface area contributed by atoms with Crippen LogP contribution >= 0.6 is 11.8 Å². The number of amides is 2. The lowest BCUT2D eigenvalue weighted by Gasteiger charge is -2.18. The fourth-order valence-corrected chi connectivity index (χ4v) is 3.00. The summed E-state index contributed by atoms with van der Waals surface area (Å²) in [5, 5.41) is -0.459. The molecule has 1 aromatic carbocycles. The number of hydrogen-bond donors (Lipinski definition) is 0. The van der Waals surface area contributed by atoms with E-state index in [2.05, 4.69) is 11.7 Å². The fourth-order valence-electron chi connectivity index (χ4n) is 2.09. The molecule has 0 bridgehead atoms. The number of ether oxygens (including phenoxy) is 1. The molecule has 0 unspecified atom stereocenters. The Morgan fingerprint density at radius 1 is 1.32 bits per heavy atom. The van der Waals surface area contributed by atoms with Crippen molar-refractivity contribution in [3.05, 3.63) is 40.3 Å². The molecule has 2 amide bonds. The summed E-state index contributed by atoms with van der Waals surface area (Å²) in [6.07, 6.45) is 2.60. The highest BCUT2D eigenvalue weighted by Crippen LogP contribution is 2.33. The molecule has 2 rings (SSSR count). The van der Waals surface area contributed by atoms with Crippen molar-refractivity contribution in [1.82, 2.24) is 4.90 Å². The monoisotopic (exact) mass is 319 g/mol. The summed E-state index contributed by atoms with van der Waals surface area (Å²) >= 11 is 0.834. The molecule has 1 aromatic rings. The van der Waals surface area contributed by atoms with E-state index in [1.165, 1.54) is 19.6 Å². The van der Waals surface area contributed by atoms with Crippen LogP contribution in [-0.2, 0) is 20.7 Å². The number of carbonyl (C=O) groups excluding carboxylic acids is 3. The van der Waals surface area contributed by atoms with E-state index in [0.717, 1.165) is 28.6 Å². The van der Waals surface area contributed by atoms with Gasteiger partial charge in [-0.2, -0.15) is 0 Å². The summed E-state index contributed by atoms with van der Waals surface area (Å²) in [7, 11) is 1.23. The Morgan fingerprint density at radius 2 is 1.95 bits per heavy atom. The molecular formula is C16H17NO4S. The predicted molar refractivity (Wildman–Crippen MR) is 85.1 cm³/mol. The molecule has 0 spiro atoms. The van der Waals surface area contributed by atoms with Gasteiger partial charge in [0.1, 0.15) is 6.04 Å². The van der Waals surface area contributed by atoms with Crippen molar-refractivity contribution in [2.75, 3.05) is 7.11 Å². The largest absolute Gasteiger partial charge is 0.467 e. The zero-order chi connectivity index (χ0) is 16.3. The molecular weight excluding hydrogens is 302 g/mol. The van der Waals surface area contributed by atoms with Gasteiger partial charge in [0.15, 0.2) is 0 Å². The lowest BCUT2D eigenvalue weighted by molar-refractivity contribution is -0.148. The molecule has 5 nitrogen and oxygen atoms in total. The van der Waals surface area contributed by atoms with Crippen LogP contribution in [0.25, 0.3) is 6.08 Å². The van der Waals surface area contributed by atoms with E-state index in [0.29, 0.717) is 4.91 Å². The van der Waals surface area contributed by atoms with Crippen LogP contribution in [0.1, 0.15) is 25.0 Å². The second kappa shape index (κ2) is 6.79. The molecule has 1 heterocycles. The highest BCUT2D eigenvalue weighted by atomic mass is 32.2. The minimum absolute atomic E-state index is 0.310. The van der Waals surface area contributed by atoms with E-state index in [-0.39, 0.29) is 0 Å². The van der Waals surface area contributed by atoms with Crippen LogP contribution in [0.2, 0.25) is 0 Å². The average molecular weight is 319 g/mol. The number of rotatable bonds is 4. The highest BCUT2D eigenvalue weighted by Gasteiger charge is 2.41. The Labute approximate surface area is 133 Å². The zero-order valence-electron chi connectivity index (χ0n) is 12.7. The molecule has 1 fully saturated rings. The second-order valence-corrected chi connectivity index (χ2v) is 5.84. The van der Waals surface area contributed by atoms with Crippen molar-refractivity contribution in [3.63, 3.8) is 0 Å². The second-order valence-electron chi connectivity index (χ2n) is 4.85. The van der Waals surface area contributed by atoms with Crippen molar-refractivity contribution < 1.29 is 19.1 Å². The van der Waals surface area contributed by atoms with Gasteiger partial charge in [0.25, 0.3) is 11.1 Å². The van der Waals surface area contributed by atoms with Gasteiger partial charge in [-0.15, -0.1) is 0 Å². The van der Waals surface area contributed by atoms with Crippen LogP contribution in [0.4, 0.5) is 4.79 Å². The molecule has 1 aliphatic rings. The topological polar surface area (TPSA) is 63.7 Å². The lowest BCUT2D eigenvalue weighted by atomic mass is 10.1. The van der Waals surface area contributed by atoms with E-state index in [4.69, 9.17) is 0 Å². The summed E-state index contributed by atoms with van der Waals surface area (Å²) in [6, 6.07) is 6.83. The van der Waals surface area contributed by atoms with Gasteiger partial charge in [-0.05, 0) is 42.3 Å². The van der Waals surface area contributed by atoms with Crippen LogP contribution in [0.5, 0.6) is 0 Å². The highest BCUT2D eigenvalue weighted by molar-refractivity contribution is 8.18. The van der Waals surface area contributed by atoms with Gasteiger partial charge in [-0.1, -0.05) is 31.2 Å². The number of esters is 1. The molecule has 1 saturated heterocycles. The van der Waals surface area contributed by atoms with Crippen molar-refractivity contribution in [2.45, 2.75) is 26.3 Å². The first kappa shape index (κ1) is 16.3. The van der Waals surface area contributed by atoms with Crippen LogP contribution < -0.4 is 0 Å². The predicted octanol–water partition coefficient (Wildman–Crippen LogP) is 2.85. The maximum absolute atomic E-state index is 12.3. The van der Waals surface area contributed by atoms with Gasteiger partial charge in [0, 0.05) is 0 Å². The van der Waals surface area contributed by atoms with Gasteiger partial charge in [0.2, 0.25) is 0 Å². The maximum atomic E-state index is 12.3. The Balaban J connectivity index is 2.23. The first-order valence-corrected chi connectivity index (χ1v) is 7.73. The summed E-state index contributed by atoms with van der Waals surface area (Å²) < 4.78 is 4.59. The van der Waals surface area contributed by atoms with Crippen LogP contribution in [0.15, 0.2) is 29.2 Å². The summed E-state index contributed by atoms with van der Waals surface area (Å²) in [6.45, 7) is 3.54. The van der Waals surface area contributed by atoms with Crippen molar-refractivity contribution in [3.8, 4) is 0 Å². The van der Waals surface area contributed by atoms with Crippen LogP contribution in [0, 0.1) is 0 Å².